The number of hydrogen-bond donors (Lipinski definition) is 3. The average molecular weight is 414 g/mol. The molecule has 0 saturated carbocycles. The fraction of sp³-hybridized carbons (Fsp3) is 0.316. The molecule has 0 fully saturated rings. The molecule has 1 aliphatic heterocycles. The molecule has 3 rings (SSSR count). The van der Waals surface area contributed by atoms with Crippen LogP contribution in [0.3, 0.4) is 0 Å². The molecule has 2 aromatic rings. The summed E-state index contributed by atoms with van der Waals surface area (Å²) in [5.74, 6) is 0.677. The van der Waals surface area contributed by atoms with Crippen molar-refractivity contribution in [3.05, 3.63) is 58.7 Å². The van der Waals surface area contributed by atoms with Gasteiger partial charge < -0.3 is 16.0 Å². The number of amides is 1. The predicted molar refractivity (Wildman–Crippen MR) is 118 cm³/mol. The number of anilines is 2. The number of thiol groups is 1. The molecule has 4 nitrogen and oxygen atoms in total. The smallest absolute Gasteiger partial charge is 0.259 e. The number of carbonyl (C=O) groups excluding carboxylic acids is 1. The first-order valence-electron chi connectivity index (χ1n) is 8.13. The molecule has 26 heavy (non-hydrogen) atoms. The van der Waals surface area contributed by atoms with E-state index in [1.165, 1.54) is 5.56 Å². The lowest BCUT2D eigenvalue weighted by Crippen LogP contribution is -2.30. The van der Waals surface area contributed by atoms with E-state index in [0.29, 0.717) is 18.8 Å². The molecular weight excluding hydrogens is 389 g/mol. The second kappa shape index (κ2) is 9.51. The Morgan fingerprint density at radius 3 is 2.58 bits per heavy atom. The molecule has 1 amide bonds. The molecule has 0 spiro atoms. The number of carbonyl (C=O) groups is 1. The zero-order valence-electron chi connectivity index (χ0n) is 14.9. The van der Waals surface area contributed by atoms with Crippen LogP contribution in [0.15, 0.2) is 36.4 Å². The molecule has 0 aromatic heterocycles. The number of rotatable bonds is 5. The zero-order valence-corrected chi connectivity index (χ0v) is 17.4. The summed E-state index contributed by atoms with van der Waals surface area (Å²) in [5, 5.41) is 3.36. The predicted octanol–water partition coefficient (Wildman–Crippen LogP) is 3.98. The lowest BCUT2D eigenvalue weighted by atomic mass is 10.1. The highest BCUT2D eigenvalue weighted by Gasteiger charge is 2.31. The molecule has 142 valence electrons. The van der Waals surface area contributed by atoms with Gasteiger partial charge in [-0.3, -0.25) is 4.79 Å². The second-order valence-electron chi connectivity index (χ2n) is 6.27. The summed E-state index contributed by atoms with van der Waals surface area (Å²) in [6, 6.07) is 11.9. The second-order valence-corrected chi connectivity index (χ2v) is 6.63. The summed E-state index contributed by atoms with van der Waals surface area (Å²) in [4.78, 5) is 14.7. The quantitative estimate of drug-likeness (QED) is 0.649. The van der Waals surface area contributed by atoms with Crippen molar-refractivity contribution in [2.75, 3.05) is 22.5 Å². The Balaban J connectivity index is 0.00000169. The van der Waals surface area contributed by atoms with Gasteiger partial charge in [-0.1, -0.05) is 18.2 Å². The molecule has 1 heterocycles. The number of nitrogens with zero attached hydrogens (tertiary/aromatic N) is 1. The molecule has 0 unspecified atom stereocenters. The highest BCUT2D eigenvalue weighted by molar-refractivity contribution is 7.80. The summed E-state index contributed by atoms with van der Waals surface area (Å²) >= 11 is 4.21. The lowest BCUT2D eigenvalue weighted by Gasteiger charge is -2.20. The number of benzene rings is 2. The van der Waals surface area contributed by atoms with Crippen LogP contribution >= 0.6 is 37.4 Å². The molecule has 3 N–H and O–H groups in total. The number of hydrogen-bond acceptors (Lipinski definition) is 4. The Kier molecular flexibility index (Phi) is 8.28. The van der Waals surface area contributed by atoms with E-state index in [2.05, 4.69) is 37.9 Å². The van der Waals surface area contributed by atoms with Gasteiger partial charge in [0.25, 0.3) is 5.91 Å². The van der Waals surface area contributed by atoms with Gasteiger partial charge in [-0.15, -0.1) is 24.8 Å². The number of fused-ring (bicyclic) bond motifs is 1. The number of nitrogens with one attached hydrogen (secondary N) is 1. The number of aryl methyl sites for hydroxylation is 1. The summed E-state index contributed by atoms with van der Waals surface area (Å²) < 4.78 is 0. The topological polar surface area (TPSA) is 58.4 Å². The van der Waals surface area contributed by atoms with Crippen LogP contribution in [0.25, 0.3) is 0 Å². The van der Waals surface area contributed by atoms with Crippen LogP contribution in [0.1, 0.15) is 27.0 Å². The number of halogens is 2. The van der Waals surface area contributed by atoms with Gasteiger partial charge in [0.15, 0.2) is 0 Å². The SMILES string of the molecule is Cc1cccc(N2Cc3c(NC[C@@H](N)CS)cccc3C2=O)c1C.Cl.Cl. The molecule has 0 aliphatic carbocycles. The van der Waals surface area contributed by atoms with Crippen molar-refractivity contribution in [2.45, 2.75) is 26.4 Å². The van der Waals surface area contributed by atoms with Gasteiger partial charge in [0, 0.05) is 40.8 Å². The third-order valence-corrected chi connectivity index (χ3v) is 5.09. The molecule has 0 bridgehead atoms. The Bertz CT molecular complexity index is 785. The Morgan fingerprint density at radius 2 is 1.88 bits per heavy atom. The van der Waals surface area contributed by atoms with Gasteiger partial charge in [0.1, 0.15) is 0 Å². The van der Waals surface area contributed by atoms with Crippen LogP contribution in [0.4, 0.5) is 11.4 Å². The fourth-order valence-electron chi connectivity index (χ4n) is 3.03. The van der Waals surface area contributed by atoms with Crippen molar-refractivity contribution in [1.29, 1.82) is 0 Å². The molecular formula is C19H25Cl2N3OS. The minimum atomic E-state index is -0.0172. The van der Waals surface area contributed by atoms with Crippen molar-refractivity contribution in [3.63, 3.8) is 0 Å². The van der Waals surface area contributed by atoms with Gasteiger partial charge in [-0.2, -0.15) is 12.6 Å². The molecule has 0 saturated heterocycles. The highest BCUT2D eigenvalue weighted by atomic mass is 35.5. The van der Waals surface area contributed by atoms with Crippen molar-refractivity contribution in [3.8, 4) is 0 Å². The van der Waals surface area contributed by atoms with Crippen molar-refractivity contribution in [2.24, 2.45) is 5.73 Å². The summed E-state index contributed by atoms with van der Waals surface area (Å²) in [7, 11) is 0. The third kappa shape index (κ3) is 4.29. The Morgan fingerprint density at radius 1 is 1.19 bits per heavy atom. The van der Waals surface area contributed by atoms with E-state index >= 15 is 0 Å². The standard InChI is InChI=1S/C19H23N3OS.2ClH/c1-12-5-3-8-18(13(12)2)22-10-16-15(19(22)23)6-4-7-17(16)21-9-14(20)11-24;;/h3-8,14,21,24H,9-11,20H2,1-2H3;2*1H/t14-;;/m1../s1. The van der Waals surface area contributed by atoms with Crippen LogP contribution in [0.5, 0.6) is 0 Å². The van der Waals surface area contributed by atoms with Crippen LogP contribution in [-0.4, -0.2) is 24.2 Å². The van der Waals surface area contributed by atoms with E-state index in [0.717, 1.165) is 28.1 Å². The van der Waals surface area contributed by atoms with Crippen LogP contribution < -0.4 is 16.0 Å². The van der Waals surface area contributed by atoms with E-state index in [1.54, 1.807) is 0 Å². The molecule has 2 aromatic carbocycles. The maximum absolute atomic E-state index is 12.9. The van der Waals surface area contributed by atoms with Crippen molar-refractivity contribution >= 4 is 54.7 Å². The first-order valence-corrected chi connectivity index (χ1v) is 8.76. The fourth-order valence-corrected chi connectivity index (χ4v) is 3.16. The van der Waals surface area contributed by atoms with E-state index in [-0.39, 0.29) is 36.8 Å². The first-order chi connectivity index (χ1) is 11.5. The van der Waals surface area contributed by atoms with Crippen LogP contribution in [0.2, 0.25) is 0 Å². The van der Waals surface area contributed by atoms with E-state index in [9.17, 15) is 4.79 Å². The molecule has 7 heteroatoms. The summed E-state index contributed by atoms with van der Waals surface area (Å²) in [5.41, 5.74) is 12.0. The largest absolute Gasteiger partial charge is 0.383 e. The third-order valence-electron chi connectivity index (χ3n) is 4.62. The van der Waals surface area contributed by atoms with Gasteiger partial charge >= 0.3 is 0 Å². The Hall–Kier alpha value is -1.40. The van der Waals surface area contributed by atoms with E-state index < -0.39 is 0 Å². The van der Waals surface area contributed by atoms with Crippen molar-refractivity contribution in [1.82, 2.24) is 0 Å². The first kappa shape index (κ1) is 22.6. The zero-order chi connectivity index (χ0) is 17.3. The van der Waals surface area contributed by atoms with Crippen LogP contribution in [-0.2, 0) is 6.54 Å². The van der Waals surface area contributed by atoms with Gasteiger partial charge in [-0.25, -0.2) is 0 Å². The summed E-state index contributed by atoms with van der Waals surface area (Å²) in [6.45, 7) is 5.35. The summed E-state index contributed by atoms with van der Waals surface area (Å²) in [6.07, 6.45) is 0. The molecule has 1 aliphatic rings. The number of nitrogens with two attached hydrogens (primary N) is 1. The minimum absolute atomic E-state index is 0. The van der Waals surface area contributed by atoms with Gasteiger partial charge in [0.2, 0.25) is 0 Å². The maximum atomic E-state index is 12.9. The normalized spacial score (nSPS) is 13.5. The lowest BCUT2D eigenvalue weighted by molar-refractivity contribution is 0.0996. The van der Waals surface area contributed by atoms with E-state index in [4.69, 9.17) is 5.73 Å². The Labute approximate surface area is 172 Å². The molecule has 1 atom stereocenters. The van der Waals surface area contributed by atoms with Gasteiger partial charge in [0.05, 0.1) is 6.54 Å². The monoisotopic (exact) mass is 413 g/mol. The van der Waals surface area contributed by atoms with Crippen molar-refractivity contribution < 1.29 is 4.79 Å². The maximum Gasteiger partial charge on any atom is 0.259 e. The average Bonchev–Trinajstić information content (AvgIpc) is 2.92. The van der Waals surface area contributed by atoms with Crippen LogP contribution in [0, 0.1) is 13.8 Å². The highest BCUT2D eigenvalue weighted by Crippen LogP contribution is 2.34. The van der Waals surface area contributed by atoms with E-state index in [1.807, 2.05) is 35.2 Å². The minimum Gasteiger partial charge on any atom is -0.383 e. The van der Waals surface area contributed by atoms with Gasteiger partial charge in [-0.05, 0) is 43.2 Å². The molecule has 0 radical (unpaired) electrons.